The minimum atomic E-state index is -0.213. The summed E-state index contributed by atoms with van der Waals surface area (Å²) in [6.45, 7) is 1.72. The van der Waals surface area contributed by atoms with E-state index in [9.17, 15) is 5.11 Å². The van der Waals surface area contributed by atoms with Crippen molar-refractivity contribution in [3.63, 3.8) is 0 Å². The van der Waals surface area contributed by atoms with Crippen molar-refractivity contribution in [2.75, 3.05) is 0 Å². The molecular weight excluding hydrogens is 278 g/mol. The summed E-state index contributed by atoms with van der Waals surface area (Å²) < 4.78 is 7.00. The molecule has 0 spiro atoms. The summed E-state index contributed by atoms with van der Waals surface area (Å²) >= 11 is 6.15. The third-order valence-corrected chi connectivity index (χ3v) is 3.45. The fourth-order valence-electron chi connectivity index (χ4n) is 1.97. The zero-order valence-electron chi connectivity index (χ0n) is 10.7. The maximum Gasteiger partial charge on any atom is 0.154 e. The van der Waals surface area contributed by atoms with E-state index in [2.05, 4.69) is 10.3 Å². The predicted octanol–water partition coefficient (Wildman–Crippen LogP) is 2.98. The third-order valence-electron chi connectivity index (χ3n) is 3.04. The lowest BCUT2D eigenvalue weighted by molar-refractivity contribution is 0.277. The number of hydrogen-bond donors (Lipinski definition) is 1. The van der Waals surface area contributed by atoms with Crippen molar-refractivity contribution >= 4 is 11.6 Å². The normalized spacial score (nSPS) is 10.9. The summed E-state index contributed by atoms with van der Waals surface area (Å²) in [5, 5.41) is 18.1. The first-order valence-corrected chi connectivity index (χ1v) is 6.44. The molecule has 6 heteroatoms. The number of aliphatic hydroxyl groups is 1. The molecule has 2 aromatic heterocycles. The number of benzene rings is 1. The topological polar surface area (TPSA) is 64.1 Å². The first kappa shape index (κ1) is 12.9. The summed E-state index contributed by atoms with van der Waals surface area (Å²) in [6.07, 6.45) is 1.57. The number of hydrogen-bond acceptors (Lipinski definition) is 4. The van der Waals surface area contributed by atoms with E-state index in [0.717, 1.165) is 11.3 Å². The van der Waals surface area contributed by atoms with E-state index in [0.29, 0.717) is 22.2 Å². The van der Waals surface area contributed by atoms with E-state index in [-0.39, 0.29) is 6.61 Å². The molecule has 102 valence electrons. The predicted molar refractivity (Wildman–Crippen MR) is 74.7 cm³/mol. The van der Waals surface area contributed by atoms with Crippen LogP contribution in [0.5, 0.6) is 0 Å². The van der Waals surface area contributed by atoms with E-state index in [1.165, 1.54) is 0 Å². The Morgan fingerprint density at radius 1 is 1.35 bits per heavy atom. The standard InChI is InChI=1S/C14H12ClN3O2/c1-9-4-5-10(7-11(9)15)18-14(12(8-19)16-17-18)13-3-2-6-20-13/h2-7,19H,8H2,1H3. The molecule has 1 aromatic carbocycles. The molecule has 2 heterocycles. The van der Waals surface area contributed by atoms with Gasteiger partial charge in [-0.25, -0.2) is 4.68 Å². The average molecular weight is 290 g/mol. The van der Waals surface area contributed by atoms with Crippen molar-refractivity contribution in [2.24, 2.45) is 0 Å². The van der Waals surface area contributed by atoms with Gasteiger partial charge in [0.25, 0.3) is 0 Å². The minimum absolute atomic E-state index is 0.213. The van der Waals surface area contributed by atoms with Crippen LogP contribution in [0.25, 0.3) is 17.1 Å². The number of aliphatic hydroxyl groups excluding tert-OH is 1. The first-order chi connectivity index (χ1) is 9.70. The van der Waals surface area contributed by atoms with Crippen LogP contribution in [-0.4, -0.2) is 20.1 Å². The van der Waals surface area contributed by atoms with Gasteiger partial charge < -0.3 is 9.52 Å². The molecule has 3 aromatic rings. The molecular formula is C14H12ClN3O2. The van der Waals surface area contributed by atoms with E-state index >= 15 is 0 Å². The van der Waals surface area contributed by atoms with Gasteiger partial charge in [-0.2, -0.15) is 0 Å². The maximum absolute atomic E-state index is 9.39. The van der Waals surface area contributed by atoms with Gasteiger partial charge >= 0.3 is 0 Å². The molecule has 0 saturated heterocycles. The largest absolute Gasteiger partial charge is 0.463 e. The molecule has 3 rings (SSSR count). The van der Waals surface area contributed by atoms with Crippen LogP contribution >= 0.6 is 11.6 Å². The molecule has 0 bridgehead atoms. The summed E-state index contributed by atoms with van der Waals surface area (Å²) in [5.74, 6) is 0.593. The Morgan fingerprint density at radius 2 is 2.20 bits per heavy atom. The zero-order valence-corrected chi connectivity index (χ0v) is 11.5. The second kappa shape index (κ2) is 5.11. The fraction of sp³-hybridized carbons (Fsp3) is 0.143. The number of halogens is 1. The molecule has 0 atom stereocenters. The van der Waals surface area contributed by atoms with Crippen LogP contribution in [0.2, 0.25) is 5.02 Å². The van der Waals surface area contributed by atoms with Gasteiger partial charge in [-0.1, -0.05) is 22.9 Å². The van der Waals surface area contributed by atoms with Gasteiger partial charge in [-0.05, 0) is 36.8 Å². The molecule has 0 radical (unpaired) electrons. The van der Waals surface area contributed by atoms with Crippen molar-refractivity contribution in [3.05, 3.63) is 52.9 Å². The van der Waals surface area contributed by atoms with Crippen molar-refractivity contribution in [1.82, 2.24) is 15.0 Å². The fourth-order valence-corrected chi connectivity index (χ4v) is 2.15. The van der Waals surface area contributed by atoms with Crippen molar-refractivity contribution in [3.8, 4) is 17.1 Å². The smallest absolute Gasteiger partial charge is 0.154 e. The lowest BCUT2D eigenvalue weighted by Gasteiger charge is -2.07. The van der Waals surface area contributed by atoms with Gasteiger partial charge in [0.1, 0.15) is 11.4 Å². The Bertz CT molecular complexity index is 735. The quantitative estimate of drug-likeness (QED) is 0.805. The lowest BCUT2D eigenvalue weighted by Crippen LogP contribution is -2.00. The highest BCUT2D eigenvalue weighted by Gasteiger charge is 2.18. The van der Waals surface area contributed by atoms with Crippen molar-refractivity contribution in [2.45, 2.75) is 13.5 Å². The van der Waals surface area contributed by atoms with E-state index in [4.69, 9.17) is 16.0 Å². The van der Waals surface area contributed by atoms with Crippen LogP contribution in [-0.2, 0) is 6.61 Å². The summed E-state index contributed by atoms with van der Waals surface area (Å²) in [5.41, 5.74) is 2.82. The second-order valence-electron chi connectivity index (χ2n) is 4.37. The van der Waals surface area contributed by atoms with Crippen molar-refractivity contribution < 1.29 is 9.52 Å². The molecule has 0 aliphatic rings. The summed E-state index contributed by atoms with van der Waals surface area (Å²) in [7, 11) is 0. The molecule has 0 amide bonds. The van der Waals surface area contributed by atoms with Crippen LogP contribution in [0.4, 0.5) is 0 Å². The number of aromatic nitrogens is 3. The van der Waals surface area contributed by atoms with Gasteiger partial charge in [0.2, 0.25) is 0 Å². The Labute approximate surface area is 120 Å². The highest BCUT2D eigenvalue weighted by Crippen LogP contribution is 2.27. The Balaban J connectivity index is 2.19. The Hall–Kier alpha value is -2.11. The molecule has 5 nitrogen and oxygen atoms in total. The van der Waals surface area contributed by atoms with Gasteiger partial charge in [0.15, 0.2) is 5.76 Å². The maximum atomic E-state index is 9.39. The number of furan rings is 1. The van der Waals surface area contributed by atoms with Gasteiger partial charge in [0, 0.05) is 5.02 Å². The highest BCUT2D eigenvalue weighted by molar-refractivity contribution is 6.31. The van der Waals surface area contributed by atoms with Crippen LogP contribution < -0.4 is 0 Å². The van der Waals surface area contributed by atoms with Crippen LogP contribution in [0.15, 0.2) is 41.0 Å². The van der Waals surface area contributed by atoms with Gasteiger partial charge in [0.05, 0.1) is 18.6 Å². The third kappa shape index (κ3) is 2.11. The summed E-state index contributed by atoms with van der Waals surface area (Å²) in [4.78, 5) is 0. The number of aryl methyl sites for hydroxylation is 1. The van der Waals surface area contributed by atoms with Crippen molar-refractivity contribution in [1.29, 1.82) is 0 Å². The van der Waals surface area contributed by atoms with Crippen LogP contribution in [0, 0.1) is 6.92 Å². The van der Waals surface area contributed by atoms with E-state index < -0.39 is 0 Å². The van der Waals surface area contributed by atoms with Gasteiger partial charge in [-0.3, -0.25) is 0 Å². The minimum Gasteiger partial charge on any atom is -0.463 e. The lowest BCUT2D eigenvalue weighted by atomic mass is 10.2. The van der Waals surface area contributed by atoms with Crippen LogP contribution in [0.3, 0.4) is 0 Å². The molecule has 1 N–H and O–H groups in total. The molecule has 0 saturated carbocycles. The Morgan fingerprint density at radius 3 is 2.85 bits per heavy atom. The molecule has 20 heavy (non-hydrogen) atoms. The molecule has 0 aliphatic heterocycles. The summed E-state index contributed by atoms with van der Waals surface area (Å²) in [6, 6.07) is 9.17. The molecule has 0 aliphatic carbocycles. The first-order valence-electron chi connectivity index (χ1n) is 6.06. The van der Waals surface area contributed by atoms with Gasteiger partial charge in [-0.15, -0.1) is 5.10 Å². The molecule has 0 unspecified atom stereocenters. The van der Waals surface area contributed by atoms with Crippen LogP contribution in [0.1, 0.15) is 11.3 Å². The van der Waals surface area contributed by atoms with E-state index in [1.54, 1.807) is 29.1 Å². The van der Waals surface area contributed by atoms with E-state index in [1.807, 2.05) is 19.1 Å². The zero-order chi connectivity index (χ0) is 14.1. The number of rotatable bonds is 3. The second-order valence-corrected chi connectivity index (χ2v) is 4.77. The monoisotopic (exact) mass is 289 g/mol. The Kier molecular flexibility index (Phi) is 3.30. The SMILES string of the molecule is Cc1ccc(-n2nnc(CO)c2-c2ccco2)cc1Cl. The highest BCUT2D eigenvalue weighted by atomic mass is 35.5. The molecule has 0 fully saturated rings. The number of nitrogens with zero attached hydrogens (tertiary/aromatic N) is 3. The average Bonchev–Trinajstić information content (AvgIpc) is 3.09.